The predicted octanol–water partition coefficient (Wildman–Crippen LogP) is 3.82. The van der Waals surface area contributed by atoms with Gasteiger partial charge in [-0.2, -0.15) is 5.10 Å². The van der Waals surface area contributed by atoms with E-state index in [9.17, 15) is 0 Å². The average molecular weight is 332 g/mol. The van der Waals surface area contributed by atoms with Gasteiger partial charge in [0.1, 0.15) is 12.2 Å². The van der Waals surface area contributed by atoms with E-state index in [0.717, 1.165) is 28.2 Å². The number of benzene rings is 1. The molecule has 126 valence electrons. The first-order valence-electron chi connectivity index (χ1n) is 8.96. The number of hydrogen-bond donors (Lipinski definition) is 0. The van der Waals surface area contributed by atoms with E-state index in [4.69, 9.17) is 0 Å². The molecule has 3 aromatic heterocycles. The summed E-state index contributed by atoms with van der Waals surface area (Å²) < 4.78 is 3.92. The lowest BCUT2D eigenvalue weighted by Crippen LogP contribution is -2.09. The quantitative estimate of drug-likeness (QED) is 0.560. The summed E-state index contributed by atoms with van der Waals surface area (Å²) in [6.45, 7) is 2.08. The van der Waals surface area contributed by atoms with Gasteiger partial charge in [0.15, 0.2) is 11.3 Å². The minimum atomic E-state index is 0.496. The van der Waals surface area contributed by atoms with Gasteiger partial charge in [0, 0.05) is 5.92 Å². The van der Waals surface area contributed by atoms with Crippen molar-refractivity contribution >= 4 is 16.7 Å². The van der Waals surface area contributed by atoms with Crippen LogP contribution in [-0.2, 0) is 0 Å². The molecule has 0 N–H and O–H groups in total. The molecule has 6 heteroatoms. The van der Waals surface area contributed by atoms with Crippen molar-refractivity contribution in [2.45, 2.75) is 44.9 Å². The third kappa shape index (κ3) is 2.32. The molecule has 0 saturated heterocycles. The van der Waals surface area contributed by atoms with Crippen LogP contribution in [0, 0.1) is 6.92 Å². The SMILES string of the molecule is Cc1ccc(-n2ncc3c2ncn2c(C4CCCCC4)nnc32)cc1. The van der Waals surface area contributed by atoms with E-state index in [1.165, 1.54) is 37.7 Å². The van der Waals surface area contributed by atoms with E-state index in [2.05, 4.69) is 55.9 Å². The maximum absolute atomic E-state index is 4.68. The smallest absolute Gasteiger partial charge is 0.174 e. The van der Waals surface area contributed by atoms with Crippen molar-refractivity contribution in [2.24, 2.45) is 0 Å². The predicted molar refractivity (Wildman–Crippen MR) is 96.0 cm³/mol. The lowest BCUT2D eigenvalue weighted by atomic mass is 9.89. The molecule has 25 heavy (non-hydrogen) atoms. The van der Waals surface area contributed by atoms with Crippen LogP contribution in [0.2, 0.25) is 0 Å². The molecule has 0 atom stereocenters. The van der Waals surface area contributed by atoms with Gasteiger partial charge in [-0.25, -0.2) is 9.67 Å². The Morgan fingerprint density at radius 3 is 2.56 bits per heavy atom. The first-order valence-corrected chi connectivity index (χ1v) is 8.96. The van der Waals surface area contributed by atoms with Crippen LogP contribution in [0.5, 0.6) is 0 Å². The third-order valence-corrected chi connectivity index (χ3v) is 5.25. The van der Waals surface area contributed by atoms with Crippen LogP contribution in [0.3, 0.4) is 0 Å². The lowest BCUT2D eigenvalue weighted by Gasteiger charge is -2.19. The maximum atomic E-state index is 4.68. The zero-order valence-corrected chi connectivity index (χ0v) is 14.3. The number of aryl methyl sites for hydroxylation is 1. The minimum absolute atomic E-state index is 0.496. The van der Waals surface area contributed by atoms with Crippen molar-refractivity contribution in [3.8, 4) is 5.69 Å². The summed E-state index contributed by atoms with van der Waals surface area (Å²) >= 11 is 0. The molecule has 0 aliphatic heterocycles. The fourth-order valence-electron chi connectivity index (χ4n) is 3.85. The zero-order chi connectivity index (χ0) is 16.8. The second kappa shape index (κ2) is 5.65. The van der Waals surface area contributed by atoms with Gasteiger partial charge in [0.2, 0.25) is 0 Å². The Balaban J connectivity index is 1.64. The van der Waals surface area contributed by atoms with E-state index in [1.54, 1.807) is 0 Å². The molecular weight excluding hydrogens is 312 g/mol. The van der Waals surface area contributed by atoms with Crippen LogP contribution in [-0.4, -0.2) is 29.4 Å². The molecular formula is C19H20N6. The molecule has 5 rings (SSSR count). The molecule has 0 bridgehead atoms. The minimum Gasteiger partial charge on any atom is -0.268 e. The van der Waals surface area contributed by atoms with Crippen molar-refractivity contribution in [3.63, 3.8) is 0 Å². The largest absolute Gasteiger partial charge is 0.268 e. The van der Waals surface area contributed by atoms with Crippen molar-refractivity contribution in [2.75, 3.05) is 0 Å². The van der Waals surface area contributed by atoms with Crippen molar-refractivity contribution in [1.82, 2.24) is 29.4 Å². The van der Waals surface area contributed by atoms with Gasteiger partial charge in [-0.15, -0.1) is 10.2 Å². The van der Waals surface area contributed by atoms with Crippen LogP contribution in [0.15, 0.2) is 36.8 Å². The second-order valence-corrected chi connectivity index (χ2v) is 6.96. The molecule has 4 aromatic rings. The fourth-order valence-corrected chi connectivity index (χ4v) is 3.85. The summed E-state index contributed by atoms with van der Waals surface area (Å²) in [5.41, 5.74) is 3.90. The summed E-state index contributed by atoms with van der Waals surface area (Å²) in [5, 5.41) is 14.4. The zero-order valence-electron chi connectivity index (χ0n) is 14.3. The topological polar surface area (TPSA) is 60.9 Å². The monoisotopic (exact) mass is 332 g/mol. The lowest BCUT2D eigenvalue weighted by molar-refractivity contribution is 0.426. The first kappa shape index (κ1) is 14.6. The highest BCUT2D eigenvalue weighted by Crippen LogP contribution is 2.32. The van der Waals surface area contributed by atoms with Crippen molar-refractivity contribution < 1.29 is 0 Å². The highest BCUT2D eigenvalue weighted by Gasteiger charge is 2.22. The van der Waals surface area contributed by atoms with E-state index in [0.29, 0.717) is 5.92 Å². The number of fused-ring (bicyclic) bond motifs is 3. The third-order valence-electron chi connectivity index (χ3n) is 5.25. The molecule has 0 amide bonds. The Morgan fingerprint density at radius 1 is 0.960 bits per heavy atom. The summed E-state index contributed by atoms with van der Waals surface area (Å²) in [7, 11) is 0. The fraction of sp³-hybridized carbons (Fsp3) is 0.368. The van der Waals surface area contributed by atoms with Crippen molar-refractivity contribution in [3.05, 3.63) is 48.2 Å². The molecule has 1 aliphatic rings. The normalized spacial score (nSPS) is 16.0. The Morgan fingerprint density at radius 2 is 1.76 bits per heavy atom. The van der Waals surface area contributed by atoms with Gasteiger partial charge in [-0.05, 0) is 31.9 Å². The van der Waals surface area contributed by atoms with Gasteiger partial charge in [0.05, 0.1) is 17.3 Å². The first-order chi connectivity index (χ1) is 12.3. The summed E-state index contributed by atoms with van der Waals surface area (Å²) in [5.74, 6) is 1.54. The van der Waals surface area contributed by atoms with Gasteiger partial charge in [0.25, 0.3) is 0 Å². The van der Waals surface area contributed by atoms with Gasteiger partial charge in [-0.3, -0.25) is 4.40 Å². The average Bonchev–Trinajstić information content (AvgIpc) is 3.27. The molecule has 0 radical (unpaired) electrons. The van der Waals surface area contributed by atoms with E-state index < -0.39 is 0 Å². The van der Waals surface area contributed by atoms with Gasteiger partial charge >= 0.3 is 0 Å². The Bertz CT molecular complexity index is 1040. The van der Waals surface area contributed by atoms with Gasteiger partial charge in [-0.1, -0.05) is 37.0 Å². The summed E-state index contributed by atoms with van der Waals surface area (Å²) in [6.07, 6.45) is 9.98. The Hall–Kier alpha value is -2.76. The molecule has 1 aromatic carbocycles. The van der Waals surface area contributed by atoms with E-state index >= 15 is 0 Å². The maximum Gasteiger partial charge on any atom is 0.174 e. The number of hydrogen-bond acceptors (Lipinski definition) is 4. The van der Waals surface area contributed by atoms with E-state index in [-0.39, 0.29) is 0 Å². The van der Waals surface area contributed by atoms with E-state index in [1.807, 2.05) is 17.2 Å². The highest BCUT2D eigenvalue weighted by molar-refractivity contribution is 5.89. The molecule has 1 saturated carbocycles. The highest BCUT2D eigenvalue weighted by atomic mass is 15.3. The number of nitrogens with zero attached hydrogens (tertiary/aromatic N) is 6. The van der Waals surface area contributed by atoms with Crippen LogP contribution in [0.25, 0.3) is 22.4 Å². The molecule has 1 fully saturated rings. The van der Waals surface area contributed by atoms with Crippen LogP contribution < -0.4 is 0 Å². The Labute approximate surface area is 145 Å². The molecule has 0 spiro atoms. The number of aromatic nitrogens is 6. The molecule has 1 aliphatic carbocycles. The van der Waals surface area contributed by atoms with Crippen LogP contribution >= 0.6 is 0 Å². The van der Waals surface area contributed by atoms with Crippen LogP contribution in [0.1, 0.15) is 49.4 Å². The molecule has 3 heterocycles. The van der Waals surface area contributed by atoms with Crippen LogP contribution in [0.4, 0.5) is 0 Å². The molecule has 0 unspecified atom stereocenters. The Kier molecular flexibility index (Phi) is 3.29. The van der Waals surface area contributed by atoms with Crippen molar-refractivity contribution in [1.29, 1.82) is 0 Å². The van der Waals surface area contributed by atoms with Gasteiger partial charge < -0.3 is 0 Å². The molecule has 6 nitrogen and oxygen atoms in total. The second-order valence-electron chi connectivity index (χ2n) is 6.96. The number of rotatable bonds is 2. The summed E-state index contributed by atoms with van der Waals surface area (Å²) in [4.78, 5) is 4.68. The standard InChI is InChI=1S/C19H20N6/c1-13-7-9-15(10-8-13)25-18-16(11-21-25)19-23-22-17(24(19)12-20-18)14-5-3-2-4-6-14/h7-12,14H,2-6H2,1H3. The summed E-state index contributed by atoms with van der Waals surface area (Å²) in [6, 6.07) is 8.29.